The van der Waals surface area contributed by atoms with Gasteiger partial charge in [-0.2, -0.15) is 0 Å². The van der Waals surface area contributed by atoms with E-state index in [2.05, 4.69) is 17.5 Å². The minimum absolute atomic E-state index is 0.0677. The molecular formula is C10H19NO. The fourth-order valence-electron chi connectivity index (χ4n) is 1.67. The van der Waals surface area contributed by atoms with Crippen LogP contribution in [-0.4, -0.2) is 23.8 Å². The molecule has 0 aromatic heterocycles. The Balaban J connectivity index is 2.14. The van der Waals surface area contributed by atoms with Crippen molar-refractivity contribution in [1.82, 2.24) is 5.32 Å². The minimum atomic E-state index is -0.0677. The summed E-state index contributed by atoms with van der Waals surface area (Å²) in [7, 11) is 0. The summed E-state index contributed by atoms with van der Waals surface area (Å²) in [5.74, 6) is 0. The molecule has 0 aromatic carbocycles. The summed E-state index contributed by atoms with van der Waals surface area (Å²) in [6, 6.07) is 0.532. The second kappa shape index (κ2) is 5.33. The van der Waals surface area contributed by atoms with E-state index in [0.717, 1.165) is 32.2 Å². The zero-order chi connectivity index (χ0) is 8.81. The highest BCUT2D eigenvalue weighted by Crippen LogP contribution is 2.12. The third-order valence-electron chi connectivity index (χ3n) is 2.38. The maximum absolute atomic E-state index is 9.38. The fraction of sp³-hybridized carbons (Fsp3) is 0.800. The van der Waals surface area contributed by atoms with Crippen molar-refractivity contribution in [2.75, 3.05) is 6.54 Å². The molecule has 0 amide bonds. The number of piperidine rings is 1. The van der Waals surface area contributed by atoms with Crippen LogP contribution < -0.4 is 5.32 Å². The van der Waals surface area contributed by atoms with Crippen molar-refractivity contribution in [2.45, 2.75) is 44.8 Å². The van der Waals surface area contributed by atoms with Crippen LogP contribution in [0.1, 0.15) is 32.6 Å². The van der Waals surface area contributed by atoms with E-state index in [4.69, 9.17) is 0 Å². The van der Waals surface area contributed by atoms with E-state index < -0.39 is 0 Å². The zero-order valence-corrected chi connectivity index (χ0v) is 7.79. The molecule has 1 rings (SSSR count). The molecule has 1 saturated heterocycles. The molecule has 1 fully saturated rings. The second-order valence-electron chi connectivity index (χ2n) is 3.48. The van der Waals surface area contributed by atoms with Gasteiger partial charge in [0.05, 0.1) is 6.10 Å². The first-order valence-electron chi connectivity index (χ1n) is 4.85. The average Bonchev–Trinajstić information content (AvgIpc) is 2.05. The van der Waals surface area contributed by atoms with E-state index in [1.54, 1.807) is 0 Å². The molecule has 1 heterocycles. The van der Waals surface area contributed by atoms with Gasteiger partial charge < -0.3 is 10.4 Å². The molecule has 2 heteroatoms. The summed E-state index contributed by atoms with van der Waals surface area (Å²) < 4.78 is 0. The molecule has 2 N–H and O–H groups in total. The maximum atomic E-state index is 9.38. The van der Waals surface area contributed by atoms with Crippen LogP contribution in [0.2, 0.25) is 0 Å². The van der Waals surface area contributed by atoms with Crippen LogP contribution in [-0.2, 0) is 0 Å². The molecule has 0 unspecified atom stereocenters. The van der Waals surface area contributed by atoms with Gasteiger partial charge >= 0.3 is 0 Å². The first-order chi connectivity index (χ1) is 5.83. The highest BCUT2D eigenvalue weighted by molar-refractivity contribution is 4.83. The maximum Gasteiger partial charge on any atom is 0.0567 e. The van der Waals surface area contributed by atoms with Gasteiger partial charge in [0.15, 0.2) is 0 Å². The van der Waals surface area contributed by atoms with Crippen LogP contribution >= 0.6 is 0 Å². The van der Waals surface area contributed by atoms with Crippen LogP contribution in [0.25, 0.3) is 0 Å². The molecule has 0 aromatic rings. The van der Waals surface area contributed by atoms with Crippen LogP contribution in [0.5, 0.6) is 0 Å². The van der Waals surface area contributed by atoms with Gasteiger partial charge in [0.1, 0.15) is 0 Å². The van der Waals surface area contributed by atoms with E-state index in [1.165, 1.54) is 0 Å². The summed E-state index contributed by atoms with van der Waals surface area (Å²) in [6.07, 6.45) is 8.32. The Morgan fingerprint density at radius 1 is 1.58 bits per heavy atom. The topological polar surface area (TPSA) is 32.3 Å². The normalized spacial score (nSPS) is 31.2. The lowest BCUT2D eigenvalue weighted by Crippen LogP contribution is -2.40. The molecule has 2 atom stereocenters. The van der Waals surface area contributed by atoms with Gasteiger partial charge in [-0.25, -0.2) is 0 Å². The number of hydrogen-bond acceptors (Lipinski definition) is 2. The van der Waals surface area contributed by atoms with Crippen LogP contribution in [0.3, 0.4) is 0 Å². The summed E-state index contributed by atoms with van der Waals surface area (Å²) >= 11 is 0. The number of aliphatic hydroxyl groups is 1. The summed E-state index contributed by atoms with van der Waals surface area (Å²) in [4.78, 5) is 0. The molecule has 70 valence electrons. The molecule has 2 nitrogen and oxygen atoms in total. The third kappa shape index (κ3) is 3.37. The molecule has 0 radical (unpaired) electrons. The van der Waals surface area contributed by atoms with Gasteiger partial charge in [-0.3, -0.25) is 0 Å². The largest absolute Gasteiger partial charge is 0.393 e. The zero-order valence-electron chi connectivity index (χ0n) is 7.79. The Hall–Kier alpha value is -0.340. The first kappa shape index (κ1) is 9.75. The van der Waals surface area contributed by atoms with Crippen LogP contribution in [0.4, 0.5) is 0 Å². The van der Waals surface area contributed by atoms with Gasteiger partial charge in [0.2, 0.25) is 0 Å². The SMILES string of the molecule is C/C=C/CC[C@@H]1C[C@@H](O)CCN1. The van der Waals surface area contributed by atoms with Crippen molar-refractivity contribution < 1.29 is 5.11 Å². The molecule has 12 heavy (non-hydrogen) atoms. The quantitative estimate of drug-likeness (QED) is 0.627. The average molecular weight is 169 g/mol. The summed E-state index contributed by atoms with van der Waals surface area (Å²) in [5, 5.41) is 12.8. The summed E-state index contributed by atoms with van der Waals surface area (Å²) in [6.45, 7) is 3.02. The van der Waals surface area contributed by atoms with E-state index in [9.17, 15) is 5.11 Å². The van der Waals surface area contributed by atoms with Crippen molar-refractivity contribution in [3.63, 3.8) is 0 Å². The van der Waals surface area contributed by atoms with E-state index in [-0.39, 0.29) is 6.10 Å². The Labute approximate surface area is 74.7 Å². The van der Waals surface area contributed by atoms with E-state index in [1.807, 2.05) is 6.92 Å². The van der Waals surface area contributed by atoms with Gasteiger partial charge in [-0.1, -0.05) is 12.2 Å². The van der Waals surface area contributed by atoms with Gasteiger partial charge in [-0.15, -0.1) is 0 Å². The molecule has 0 spiro atoms. The Kier molecular flexibility index (Phi) is 4.33. The molecule has 0 aliphatic carbocycles. The molecular weight excluding hydrogens is 150 g/mol. The number of hydrogen-bond donors (Lipinski definition) is 2. The molecule has 1 aliphatic rings. The standard InChI is InChI=1S/C10H19NO/c1-2-3-4-5-9-8-10(12)6-7-11-9/h2-3,9-12H,4-8H2,1H3/b3-2+/t9-,10+/m1/s1. The predicted molar refractivity (Wildman–Crippen MR) is 51.1 cm³/mol. The fourth-order valence-corrected chi connectivity index (χ4v) is 1.67. The van der Waals surface area contributed by atoms with Crippen molar-refractivity contribution in [1.29, 1.82) is 0 Å². The Morgan fingerprint density at radius 2 is 2.42 bits per heavy atom. The number of nitrogens with one attached hydrogen (secondary N) is 1. The molecule has 0 saturated carbocycles. The lowest BCUT2D eigenvalue weighted by atomic mass is 9.98. The van der Waals surface area contributed by atoms with E-state index in [0.29, 0.717) is 6.04 Å². The smallest absolute Gasteiger partial charge is 0.0567 e. The number of aliphatic hydroxyl groups excluding tert-OH is 1. The lowest BCUT2D eigenvalue weighted by molar-refractivity contribution is 0.114. The number of rotatable bonds is 3. The second-order valence-corrected chi connectivity index (χ2v) is 3.48. The monoisotopic (exact) mass is 169 g/mol. The van der Waals surface area contributed by atoms with Crippen molar-refractivity contribution in [3.05, 3.63) is 12.2 Å². The van der Waals surface area contributed by atoms with Crippen molar-refractivity contribution in [3.8, 4) is 0 Å². The Morgan fingerprint density at radius 3 is 3.08 bits per heavy atom. The predicted octanol–water partition coefficient (Wildman–Crippen LogP) is 1.46. The van der Waals surface area contributed by atoms with Crippen molar-refractivity contribution >= 4 is 0 Å². The molecule has 1 aliphatic heterocycles. The van der Waals surface area contributed by atoms with Gasteiger partial charge in [0.25, 0.3) is 0 Å². The lowest BCUT2D eigenvalue weighted by Gasteiger charge is -2.26. The van der Waals surface area contributed by atoms with Gasteiger partial charge in [0, 0.05) is 6.04 Å². The van der Waals surface area contributed by atoms with Gasteiger partial charge in [-0.05, 0) is 39.2 Å². The van der Waals surface area contributed by atoms with Crippen LogP contribution in [0, 0.1) is 0 Å². The highest BCUT2D eigenvalue weighted by atomic mass is 16.3. The summed E-state index contributed by atoms with van der Waals surface area (Å²) in [5.41, 5.74) is 0. The number of allylic oxidation sites excluding steroid dienone is 2. The van der Waals surface area contributed by atoms with E-state index >= 15 is 0 Å². The Bertz CT molecular complexity index is 145. The molecule has 0 bridgehead atoms. The first-order valence-corrected chi connectivity index (χ1v) is 4.85. The minimum Gasteiger partial charge on any atom is -0.393 e. The highest BCUT2D eigenvalue weighted by Gasteiger charge is 2.18. The van der Waals surface area contributed by atoms with Crippen LogP contribution in [0.15, 0.2) is 12.2 Å². The third-order valence-corrected chi connectivity index (χ3v) is 2.38. The van der Waals surface area contributed by atoms with Crippen molar-refractivity contribution in [2.24, 2.45) is 0 Å².